The summed E-state index contributed by atoms with van der Waals surface area (Å²) in [6.07, 6.45) is -4.41. The number of hydrogen-bond acceptors (Lipinski definition) is 2. The first kappa shape index (κ1) is 19.3. The molecule has 1 atom stereocenters. The Morgan fingerprint density at radius 2 is 1.31 bits per heavy atom. The lowest BCUT2D eigenvalue weighted by Gasteiger charge is -2.20. The van der Waals surface area contributed by atoms with E-state index in [0.717, 1.165) is 0 Å². The first-order chi connectivity index (χ1) is 14.0. The summed E-state index contributed by atoms with van der Waals surface area (Å²) < 4.78 is 53.4. The maximum Gasteiger partial charge on any atom is 0.417 e. The number of epoxide rings is 1. The van der Waals surface area contributed by atoms with Crippen molar-refractivity contribution in [2.24, 2.45) is 0 Å². The number of allylic oxidation sites excluding steroid dienone is 1. The minimum atomic E-state index is -4.52. The van der Waals surface area contributed by atoms with E-state index in [1.807, 2.05) is 0 Å². The van der Waals surface area contributed by atoms with Gasteiger partial charge in [0.1, 0.15) is 18.5 Å². The predicted octanol–water partition coefficient (Wildman–Crippen LogP) is 5.99. The number of ether oxygens (including phenoxy) is 2. The zero-order chi connectivity index (χ0) is 20.3. The number of rotatable bonds is 6. The van der Waals surface area contributed by atoms with Gasteiger partial charge in [-0.3, -0.25) is 0 Å². The summed E-state index contributed by atoms with van der Waals surface area (Å²) in [6, 6.07) is 23.3. The Morgan fingerprint density at radius 3 is 1.83 bits per heavy atom. The molecule has 0 amide bonds. The molecule has 0 radical (unpaired) electrons. The minimum absolute atomic E-state index is 0.115. The second-order valence-corrected chi connectivity index (χ2v) is 6.77. The first-order valence-corrected chi connectivity index (χ1v) is 9.29. The molecule has 5 heteroatoms. The zero-order valence-electron chi connectivity index (χ0n) is 15.5. The molecule has 148 valence electrons. The smallest absolute Gasteiger partial charge is 0.417 e. The third kappa shape index (κ3) is 4.69. The summed E-state index contributed by atoms with van der Waals surface area (Å²) in [5, 5.41) is 0. The van der Waals surface area contributed by atoms with E-state index in [4.69, 9.17) is 9.47 Å². The molecule has 0 spiro atoms. The highest BCUT2D eigenvalue weighted by molar-refractivity contribution is 6.00. The molecule has 0 N–H and O–H groups in total. The van der Waals surface area contributed by atoms with E-state index in [1.54, 1.807) is 72.8 Å². The van der Waals surface area contributed by atoms with E-state index in [0.29, 0.717) is 30.1 Å². The number of halogens is 3. The maximum atomic E-state index is 14.2. The van der Waals surface area contributed by atoms with Crippen molar-refractivity contribution in [3.05, 3.63) is 102 Å². The molecule has 3 aromatic rings. The standard InChI is InChI=1S/C24H19F3O2/c25-24(26,27)23(19-9-5-2-6-10-19)22(17-7-3-1-4-8-17)18-11-13-20(14-12-18)28-15-21-16-29-21/h1-14,21H,15-16H2. The summed E-state index contributed by atoms with van der Waals surface area (Å²) >= 11 is 0. The van der Waals surface area contributed by atoms with E-state index in [-0.39, 0.29) is 17.2 Å². The Kier molecular flexibility index (Phi) is 5.41. The molecule has 1 fully saturated rings. The van der Waals surface area contributed by atoms with E-state index in [2.05, 4.69) is 0 Å². The van der Waals surface area contributed by atoms with Gasteiger partial charge in [0.05, 0.1) is 12.2 Å². The molecule has 1 saturated heterocycles. The first-order valence-electron chi connectivity index (χ1n) is 9.29. The molecule has 1 unspecified atom stereocenters. The Bertz CT molecular complexity index is 974. The lowest BCUT2D eigenvalue weighted by atomic mass is 9.89. The fourth-order valence-electron chi connectivity index (χ4n) is 3.19. The van der Waals surface area contributed by atoms with Crippen molar-refractivity contribution in [2.45, 2.75) is 12.3 Å². The van der Waals surface area contributed by atoms with Crippen LogP contribution < -0.4 is 4.74 Å². The Hall–Kier alpha value is -3.05. The summed E-state index contributed by atoms with van der Waals surface area (Å²) in [4.78, 5) is 0. The average Bonchev–Trinajstić information content (AvgIpc) is 3.56. The molecular formula is C24H19F3O2. The average molecular weight is 396 g/mol. The molecule has 0 aromatic heterocycles. The Morgan fingerprint density at radius 1 is 0.793 bits per heavy atom. The normalized spacial score (nSPS) is 16.9. The van der Waals surface area contributed by atoms with Crippen LogP contribution in [0.1, 0.15) is 16.7 Å². The second-order valence-electron chi connectivity index (χ2n) is 6.77. The van der Waals surface area contributed by atoms with Crippen LogP contribution in [0.4, 0.5) is 13.2 Å². The van der Waals surface area contributed by atoms with Gasteiger partial charge >= 0.3 is 6.18 Å². The van der Waals surface area contributed by atoms with Gasteiger partial charge in [-0.25, -0.2) is 0 Å². The largest absolute Gasteiger partial charge is 0.491 e. The topological polar surface area (TPSA) is 21.8 Å². The van der Waals surface area contributed by atoms with Crippen molar-refractivity contribution in [1.29, 1.82) is 0 Å². The summed E-state index contributed by atoms with van der Waals surface area (Å²) in [5.41, 5.74) is 0.585. The Balaban J connectivity index is 1.83. The summed E-state index contributed by atoms with van der Waals surface area (Å²) in [6.45, 7) is 1.13. The van der Waals surface area contributed by atoms with Gasteiger partial charge in [0.25, 0.3) is 0 Å². The van der Waals surface area contributed by atoms with Crippen molar-refractivity contribution >= 4 is 11.1 Å². The van der Waals surface area contributed by atoms with Gasteiger partial charge in [0.2, 0.25) is 0 Å². The van der Waals surface area contributed by atoms with Gasteiger partial charge in [-0.2, -0.15) is 13.2 Å². The van der Waals surface area contributed by atoms with Gasteiger partial charge in [-0.1, -0.05) is 72.8 Å². The lowest BCUT2D eigenvalue weighted by Crippen LogP contribution is -2.14. The molecule has 1 heterocycles. The number of hydrogen-bond donors (Lipinski definition) is 0. The van der Waals surface area contributed by atoms with E-state index in [1.165, 1.54) is 12.1 Å². The highest BCUT2D eigenvalue weighted by Crippen LogP contribution is 2.42. The van der Waals surface area contributed by atoms with Crippen LogP contribution in [0.2, 0.25) is 0 Å². The van der Waals surface area contributed by atoms with Crippen LogP contribution in [-0.2, 0) is 4.74 Å². The molecule has 0 aliphatic carbocycles. The van der Waals surface area contributed by atoms with Crippen molar-refractivity contribution in [3.63, 3.8) is 0 Å². The Labute approximate surface area is 167 Å². The third-order valence-corrected chi connectivity index (χ3v) is 4.64. The van der Waals surface area contributed by atoms with Crippen molar-refractivity contribution in [2.75, 3.05) is 13.2 Å². The molecule has 3 aromatic carbocycles. The quantitative estimate of drug-likeness (QED) is 0.377. The van der Waals surface area contributed by atoms with Crippen LogP contribution in [-0.4, -0.2) is 25.5 Å². The summed E-state index contributed by atoms with van der Waals surface area (Å²) in [7, 11) is 0. The van der Waals surface area contributed by atoms with E-state index in [9.17, 15) is 13.2 Å². The van der Waals surface area contributed by atoms with Crippen LogP contribution in [0.5, 0.6) is 5.75 Å². The van der Waals surface area contributed by atoms with Crippen LogP contribution in [0.15, 0.2) is 84.9 Å². The van der Waals surface area contributed by atoms with E-state index < -0.39 is 11.7 Å². The van der Waals surface area contributed by atoms with Gasteiger partial charge in [0.15, 0.2) is 0 Å². The van der Waals surface area contributed by atoms with Crippen LogP contribution in [0.3, 0.4) is 0 Å². The predicted molar refractivity (Wildman–Crippen MR) is 107 cm³/mol. The van der Waals surface area contributed by atoms with Gasteiger partial charge in [0, 0.05) is 5.57 Å². The SMILES string of the molecule is FC(F)(F)C(=C(c1ccccc1)c1ccc(OCC2CO2)cc1)c1ccccc1. The number of alkyl halides is 3. The third-order valence-electron chi connectivity index (χ3n) is 4.64. The highest BCUT2D eigenvalue weighted by Gasteiger charge is 2.38. The van der Waals surface area contributed by atoms with Crippen molar-refractivity contribution < 1.29 is 22.6 Å². The molecule has 0 bridgehead atoms. The van der Waals surface area contributed by atoms with Crippen LogP contribution >= 0.6 is 0 Å². The molecular weight excluding hydrogens is 377 g/mol. The molecule has 29 heavy (non-hydrogen) atoms. The molecule has 4 rings (SSSR count). The van der Waals surface area contributed by atoms with Gasteiger partial charge in [-0.15, -0.1) is 0 Å². The fraction of sp³-hybridized carbons (Fsp3) is 0.167. The molecule has 1 aliphatic rings. The summed E-state index contributed by atoms with van der Waals surface area (Å²) in [5.74, 6) is 0.602. The number of benzene rings is 3. The van der Waals surface area contributed by atoms with Gasteiger partial charge < -0.3 is 9.47 Å². The zero-order valence-corrected chi connectivity index (χ0v) is 15.5. The minimum Gasteiger partial charge on any atom is -0.491 e. The molecule has 2 nitrogen and oxygen atoms in total. The molecule has 1 aliphatic heterocycles. The fourth-order valence-corrected chi connectivity index (χ4v) is 3.19. The van der Waals surface area contributed by atoms with Crippen LogP contribution in [0, 0.1) is 0 Å². The second kappa shape index (κ2) is 8.13. The van der Waals surface area contributed by atoms with Crippen molar-refractivity contribution in [1.82, 2.24) is 0 Å². The van der Waals surface area contributed by atoms with Gasteiger partial charge in [-0.05, 0) is 28.8 Å². The van der Waals surface area contributed by atoms with Crippen molar-refractivity contribution in [3.8, 4) is 5.75 Å². The monoisotopic (exact) mass is 396 g/mol. The lowest BCUT2D eigenvalue weighted by molar-refractivity contribution is -0.0685. The maximum absolute atomic E-state index is 14.2. The highest BCUT2D eigenvalue weighted by atomic mass is 19.4. The van der Waals surface area contributed by atoms with E-state index >= 15 is 0 Å². The van der Waals surface area contributed by atoms with Crippen LogP contribution in [0.25, 0.3) is 11.1 Å². The molecule has 0 saturated carbocycles.